The van der Waals surface area contributed by atoms with E-state index in [0.717, 1.165) is 0 Å². The topological polar surface area (TPSA) is 3.24 Å². The van der Waals surface area contributed by atoms with Gasteiger partial charge >= 0.3 is 0 Å². The van der Waals surface area contributed by atoms with Gasteiger partial charge in [0.05, 0.1) is 0 Å². The molecule has 0 fully saturated rings. The van der Waals surface area contributed by atoms with E-state index in [0.29, 0.717) is 0 Å². The maximum absolute atomic E-state index is 2.52. The van der Waals surface area contributed by atoms with E-state index in [1.807, 2.05) is 0 Å². The molecule has 0 radical (unpaired) electrons. The van der Waals surface area contributed by atoms with Gasteiger partial charge in [-0.25, -0.2) is 0 Å². The van der Waals surface area contributed by atoms with Crippen molar-refractivity contribution in [1.82, 2.24) is 4.90 Å². The molecule has 0 spiro atoms. The quantitative estimate of drug-likeness (QED) is 0.363. The molecule has 1 heteroatoms. The highest BCUT2D eigenvalue weighted by molar-refractivity contribution is 4.53. The lowest BCUT2D eigenvalue weighted by Crippen LogP contribution is -2.20. The average Bonchev–Trinajstić information content (AvgIpc) is 2.38. The summed E-state index contributed by atoms with van der Waals surface area (Å²) < 4.78 is 0. The molecule has 0 aromatic carbocycles. The Morgan fingerprint density at radius 2 is 0.833 bits per heavy atom. The summed E-state index contributed by atoms with van der Waals surface area (Å²) in [6, 6.07) is 0. The van der Waals surface area contributed by atoms with E-state index in [9.17, 15) is 0 Å². The monoisotopic (exact) mass is 255 g/mol. The van der Waals surface area contributed by atoms with Gasteiger partial charge in [0.15, 0.2) is 0 Å². The molecule has 1 nitrogen and oxygen atoms in total. The van der Waals surface area contributed by atoms with E-state index in [2.05, 4.69) is 25.8 Å². The molecule has 0 rings (SSSR count). The zero-order valence-electron chi connectivity index (χ0n) is 13.3. The minimum atomic E-state index is 1.30. The molecule has 0 aliphatic rings. The van der Waals surface area contributed by atoms with E-state index in [1.165, 1.54) is 90.1 Å². The van der Waals surface area contributed by atoms with Gasteiger partial charge in [-0.1, -0.05) is 78.1 Å². The van der Waals surface area contributed by atoms with Crippen LogP contribution >= 0.6 is 0 Å². The summed E-state index contributed by atoms with van der Waals surface area (Å²) in [5, 5.41) is 0. The molecule has 0 saturated carbocycles. The molecule has 0 aromatic heterocycles. The van der Waals surface area contributed by atoms with Gasteiger partial charge in [-0.3, -0.25) is 0 Å². The normalized spacial score (nSPS) is 11.3. The Morgan fingerprint density at radius 1 is 0.500 bits per heavy atom. The largest absolute Gasteiger partial charge is 0.306 e. The van der Waals surface area contributed by atoms with Crippen molar-refractivity contribution in [2.75, 3.05) is 20.1 Å². The summed E-state index contributed by atoms with van der Waals surface area (Å²) in [5.41, 5.74) is 0. The molecule has 0 saturated heterocycles. The molecule has 0 N–H and O–H groups in total. The SMILES string of the molecule is CCCCCCCCCCN(C)CCCCCC. The number of hydrogen-bond acceptors (Lipinski definition) is 1. The number of nitrogens with zero attached hydrogens (tertiary/aromatic N) is 1. The van der Waals surface area contributed by atoms with Crippen molar-refractivity contribution in [1.29, 1.82) is 0 Å². The molecule has 0 unspecified atom stereocenters. The molecule has 110 valence electrons. The van der Waals surface area contributed by atoms with E-state index in [4.69, 9.17) is 0 Å². The van der Waals surface area contributed by atoms with E-state index in [1.54, 1.807) is 0 Å². The van der Waals surface area contributed by atoms with Gasteiger partial charge < -0.3 is 4.90 Å². The van der Waals surface area contributed by atoms with Gasteiger partial charge in [0.1, 0.15) is 0 Å². The fraction of sp³-hybridized carbons (Fsp3) is 1.00. The predicted molar refractivity (Wildman–Crippen MR) is 84.2 cm³/mol. The predicted octanol–water partition coefficient (Wildman–Crippen LogP) is 5.64. The first-order valence-corrected chi connectivity index (χ1v) is 8.49. The molecule has 0 bridgehead atoms. The lowest BCUT2D eigenvalue weighted by molar-refractivity contribution is 0.314. The van der Waals surface area contributed by atoms with E-state index in [-0.39, 0.29) is 0 Å². The molecule has 0 amide bonds. The number of hydrogen-bond donors (Lipinski definition) is 0. The fourth-order valence-electron chi connectivity index (χ4n) is 2.44. The van der Waals surface area contributed by atoms with Crippen molar-refractivity contribution in [3.05, 3.63) is 0 Å². The Kier molecular flexibility index (Phi) is 15.0. The first kappa shape index (κ1) is 18.0. The summed E-state index contributed by atoms with van der Waals surface area (Å²) in [7, 11) is 2.28. The third-order valence-corrected chi connectivity index (χ3v) is 3.79. The fourth-order valence-corrected chi connectivity index (χ4v) is 2.44. The Hall–Kier alpha value is -0.0400. The van der Waals surface area contributed by atoms with Crippen molar-refractivity contribution in [2.24, 2.45) is 0 Å². The second-order valence-electron chi connectivity index (χ2n) is 5.84. The van der Waals surface area contributed by atoms with Crippen molar-refractivity contribution >= 4 is 0 Å². The Balaban J connectivity index is 3.08. The van der Waals surface area contributed by atoms with Crippen LogP contribution in [0, 0.1) is 0 Å². The summed E-state index contributed by atoms with van der Waals surface area (Å²) in [6.45, 7) is 7.18. The first-order valence-electron chi connectivity index (χ1n) is 8.49. The lowest BCUT2D eigenvalue weighted by Gasteiger charge is -2.16. The average molecular weight is 255 g/mol. The maximum atomic E-state index is 2.52. The first-order chi connectivity index (χ1) is 8.81. The second kappa shape index (κ2) is 15.0. The number of rotatable bonds is 14. The smallest absolute Gasteiger partial charge is 0.00218 e. The minimum Gasteiger partial charge on any atom is -0.306 e. The molecule has 0 heterocycles. The van der Waals surface area contributed by atoms with Gasteiger partial charge in [0.25, 0.3) is 0 Å². The Labute approximate surface area is 116 Å². The molecule has 0 aromatic rings. The zero-order valence-corrected chi connectivity index (χ0v) is 13.3. The maximum Gasteiger partial charge on any atom is -0.00218 e. The highest BCUT2D eigenvalue weighted by Crippen LogP contribution is 2.09. The van der Waals surface area contributed by atoms with Crippen molar-refractivity contribution in [3.63, 3.8) is 0 Å². The summed E-state index contributed by atoms with van der Waals surface area (Å²) in [4.78, 5) is 2.52. The van der Waals surface area contributed by atoms with Crippen molar-refractivity contribution in [2.45, 2.75) is 90.9 Å². The van der Waals surface area contributed by atoms with Gasteiger partial charge in [0.2, 0.25) is 0 Å². The summed E-state index contributed by atoms with van der Waals surface area (Å²) in [5.74, 6) is 0. The molecule has 0 aliphatic carbocycles. The van der Waals surface area contributed by atoms with Gasteiger partial charge in [0, 0.05) is 0 Å². The van der Waals surface area contributed by atoms with Crippen LogP contribution in [-0.2, 0) is 0 Å². The summed E-state index contributed by atoms with van der Waals surface area (Å²) >= 11 is 0. The Morgan fingerprint density at radius 3 is 1.28 bits per heavy atom. The molecular formula is C17H37N. The molecule has 18 heavy (non-hydrogen) atoms. The van der Waals surface area contributed by atoms with Crippen LogP contribution < -0.4 is 0 Å². The molecular weight excluding hydrogens is 218 g/mol. The van der Waals surface area contributed by atoms with Crippen LogP contribution in [0.1, 0.15) is 90.9 Å². The van der Waals surface area contributed by atoms with Gasteiger partial charge in [-0.2, -0.15) is 0 Å². The molecule has 0 aliphatic heterocycles. The van der Waals surface area contributed by atoms with Crippen molar-refractivity contribution in [3.8, 4) is 0 Å². The van der Waals surface area contributed by atoms with Crippen LogP contribution in [0.15, 0.2) is 0 Å². The Bertz CT molecular complexity index is 145. The van der Waals surface area contributed by atoms with Gasteiger partial charge in [-0.05, 0) is 33.0 Å². The standard InChI is InChI=1S/C17H37N/c1-4-6-8-10-11-12-13-15-17-18(3)16-14-9-7-5-2/h4-17H2,1-3H3. The van der Waals surface area contributed by atoms with Crippen LogP contribution in [0.4, 0.5) is 0 Å². The second-order valence-corrected chi connectivity index (χ2v) is 5.84. The summed E-state index contributed by atoms with van der Waals surface area (Å²) in [6.07, 6.45) is 17.0. The van der Waals surface area contributed by atoms with Crippen LogP contribution in [0.25, 0.3) is 0 Å². The third kappa shape index (κ3) is 14.0. The minimum absolute atomic E-state index is 1.30. The third-order valence-electron chi connectivity index (χ3n) is 3.79. The van der Waals surface area contributed by atoms with Crippen LogP contribution in [0.3, 0.4) is 0 Å². The molecule has 0 atom stereocenters. The van der Waals surface area contributed by atoms with E-state index < -0.39 is 0 Å². The highest BCUT2D eigenvalue weighted by atomic mass is 15.1. The number of unbranched alkanes of at least 4 members (excludes halogenated alkanes) is 10. The van der Waals surface area contributed by atoms with E-state index >= 15 is 0 Å². The van der Waals surface area contributed by atoms with Crippen LogP contribution in [0.5, 0.6) is 0 Å². The van der Waals surface area contributed by atoms with Crippen molar-refractivity contribution < 1.29 is 0 Å². The van der Waals surface area contributed by atoms with Gasteiger partial charge in [-0.15, -0.1) is 0 Å². The zero-order chi connectivity index (χ0) is 13.5. The van der Waals surface area contributed by atoms with Crippen LogP contribution in [0.2, 0.25) is 0 Å². The lowest BCUT2D eigenvalue weighted by atomic mass is 10.1. The van der Waals surface area contributed by atoms with Crippen LogP contribution in [-0.4, -0.2) is 25.0 Å². The highest BCUT2D eigenvalue weighted by Gasteiger charge is 1.98.